The zero-order valence-corrected chi connectivity index (χ0v) is 17.5. The number of benzene rings is 1. The molecule has 4 amide bonds. The highest BCUT2D eigenvalue weighted by atomic mass is 16.2. The maximum Gasteiger partial charge on any atom is 0.322 e. The van der Waals surface area contributed by atoms with Crippen molar-refractivity contribution in [2.24, 2.45) is 7.05 Å². The molecule has 1 saturated heterocycles. The molecule has 0 bridgehead atoms. The molecule has 5 rings (SSSR count). The van der Waals surface area contributed by atoms with Crippen LogP contribution >= 0.6 is 0 Å². The summed E-state index contributed by atoms with van der Waals surface area (Å²) in [6, 6.07) is 8.27. The van der Waals surface area contributed by atoms with Crippen LogP contribution in [0.3, 0.4) is 0 Å². The van der Waals surface area contributed by atoms with Gasteiger partial charge in [-0.25, -0.2) is 4.79 Å². The number of pyridine rings is 1. The van der Waals surface area contributed by atoms with Gasteiger partial charge in [-0.1, -0.05) is 24.0 Å². The summed E-state index contributed by atoms with van der Waals surface area (Å²) in [5, 5.41) is 8.62. The van der Waals surface area contributed by atoms with Crippen molar-refractivity contribution in [1.82, 2.24) is 30.3 Å². The van der Waals surface area contributed by atoms with Gasteiger partial charge in [0.1, 0.15) is 0 Å². The van der Waals surface area contributed by atoms with Crippen molar-refractivity contribution in [3.8, 4) is 23.0 Å². The summed E-state index contributed by atoms with van der Waals surface area (Å²) in [4.78, 5) is 39.3. The Labute approximate surface area is 184 Å². The Morgan fingerprint density at radius 1 is 1.09 bits per heavy atom. The average Bonchev–Trinajstić information content (AvgIpc) is 3.45. The zero-order valence-electron chi connectivity index (χ0n) is 17.5. The lowest BCUT2D eigenvalue weighted by molar-refractivity contribution is -0.119. The number of carbonyl (C=O) groups excluding carboxylic acids is 3. The van der Waals surface area contributed by atoms with Gasteiger partial charge >= 0.3 is 6.03 Å². The van der Waals surface area contributed by atoms with Gasteiger partial charge in [0.05, 0.1) is 6.20 Å². The van der Waals surface area contributed by atoms with Crippen molar-refractivity contribution in [3.63, 3.8) is 0 Å². The summed E-state index contributed by atoms with van der Waals surface area (Å²) < 4.78 is 1.76. The van der Waals surface area contributed by atoms with Gasteiger partial charge in [0, 0.05) is 55.9 Å². The molecule has 9 heteroatoms. The predicted octanol–water partition coefficient (Wildman–Crippen LogP) is 1.31. The van der Waals surface area contributed by atoms with E-state index in [1.807, 2.05) is 44.7 Å². The van der Waals surface area contributed by atoms with Crippen LogP contribution in [0, 0.1) is 11.8 Å². The molecule has 1 aromatic carbocycles. The lowest BCUT2D eigenvalue weighted by Crippen LogP contribution is -2.26. The predicted molar refractivity (Wildman–Crippen MR) is 116 cm³/mol. The zero-order chi connectivity index (χ0) is 22.7. The van der Waals surface area contributed by atoms with Crippen molar-refractivity contribution in [2.75, 3.05) is 7.05 Å². The molecule has 2 N–H and O–H groups in total. The first-order valence-corrected chi connectivity index (χ1v) is 9.81. The SMILES string of the molecule is CN1Cc2ccc(-c3cnn(C)c3)cc2C1=O.O=C1NC(=O)[C@H](C#Cc2cccnc2)N1. The first kappa shape index (κ1) is 20.8. The molecule has 2 aliphatic rings. The minimum atomic E-state index is -0.766. The molecule has 3 aromatic rings. The van der Waals surface area contributed by atoms with E-state index in [1.165, 1.54) is 0 Å². The van der Waals surface area contributed by atoms with Gasteiger partial charge < -0.3 is 10.2 Å². The van der Waals surface area contributed by atoms with Gasteiger partial charge in [-0.15, -0.1) is 0 Å². The van der Waals surface area contributed by atoms with Crippen LogP contribution in [0.2, 0.25) is 0 Å². The van der Waals surface area contributed by atoms with Crippen molar-refractivity contribution in [1.29, 1.82) is 0 Å². The van der Waals surface area contributed by atoms with Crippen molar-refractivity contribution in [2.45, 2.75) is 12.6 Å². The number of hydrogen-bond donors (Lipinski definition) is 2. The smallest absolute Gasteiger partial charge is 0.322 e. The van der Waals surface area contributed by atoms with E-state index in [2.05, 4.69) is 32.6 Å². The van der Waals surface area contributed by atoms with Crippen LogP contribution in [0.5, 0.6) is 0 Å². The fourth-order valence-electron chi connectivity index (χ4n) is 3.31. The molecule has 4 heterocycles. The largest absolute Gasteiger partial charge is 0.337 e. The molecule has 160 valence electrons. The molecule has 0 aliphatic carbocycles. The second kappa shape index (κ2) is 8.73. The van der Waals surface area contributed by atoms with Gasteiger partial charge in [-0.2, -0.15) is 5.10 Å². The second-order valence-electron chi connectivity index (χ2n) is 7.34. The number of urea groups is 1. The summed E-state index contributed by atoms with van der Waals surface area (Å²) in [6.07, 6.45) is 6.98. The third-order valence-electron chi connectivity index (χ3n) is 4.93. The molecule has 0 unspecified atom stereocenters. The fraction of sp³-hybridized carbons (Fsp3) is 0.174. The van der Waals surface area contributed by atoms with E-state index in [9.17, 15) is 14.4 Å². The molecule has 9 nitrogen and oxygen atoms in total. The van der Waals surface area contributed by atoms with E-state index in [-0.39, 0.29) is 5.91 Å². The quantitative estimate of drug-likeness (QED) is 0.449. The van der Waals surface area contributed by atoms with Crippen LogP contribution in [0.25, 0.3) is 11.1 Å². The normalized spacial score (nSPS) is 16.4. The number of aryl methyl sites for hydroxylation is 1. The highest BCUT2D eigenvalue weighted by Gasteiger charge is 2.27. The first-order chi connectivity index (χ1) is 15.4. The Hall–Kier alpha value is -4.45. The number of nitrogens with one attached hydrogen (secondary N) is 2. The number of amides is 4. The number of fused-ring (bicyclic) bond motifs is 1. The number of rotatable bonds is 1. The summed E-state index contributed by atoms with van der Waals surface area (Å²) in [6.45, 7) is 0.710. The molecule has 1 fully saturated rings. The maximum atomic E-state index is 11.9. The molecule has 2 aromatic heterocycles. The van der Waals surface area contributed by atoms with Crippen LogP contribution in [0.4, 0.5) is 4.79 Å². The van der Waals surface area contributed by atoms with Crippen LogP contribution in [0.1, 0.15) is 21.5 Å². The summed E-state index contributed by atoms with van der Waals surface area (Å²) >= 11 is 0. The standard InChI is InChI=1S/C13H13N3O.C10H7N3O2/c1-15-7-10-4-3-9(5-12(10)13(15)17)11-6-14-16(2)8-11;14-9-8(12-10(15)13-9)4-3-7-2-1-5-11-6-7/h3-6,8H,7H2,1-2H3;1-2,5-6,8H,(H2,12,13,14,15)/t;8-/m.0/s1. The molecule has 1 atom stereocenters. The molecule has 0 radical (unpaired) electrons. The van der Waals surface area contributed by atoms with Gasteiger partial charge in [0.15, 0.2) is 6.04 Å². The Morgan fingerprint density at radius 2 is 1.94 bits per heavy atom. The molecular formula is C23H20N6O3. The van der Waals surface area contributed by atoms with Crippen LogP contribution < -0.4 is 10.6 Å². The van der Waals surface area contributed by atoms with E-state index < -0.39 is 18.0 Å². The average molecular weight is 428 g/mol. The van der Waals surface area contributed by atoms with E-state index in [0.29, 0.717) is 12.1 Å². The Morgan fingerprint density at radius 3 is 2.59 bits per heavy atom. The lowest BCUT2D eigenvalue weighted by atomic mass is 10.0. The van der Waals surface area contributed by atoms with Crippen LogP contribution in [-0.4, -0.2) is 50.6 Å². The number of nitrogens with zero attached hydrogens (tertiary/aromatic N) is 4. The van der Waals surface area contributed by atoms with E-state index in [1.54, 1.807) is 34.1 Å². The van der Waals surface area contributed by atoms with Crippen molar-refractivity contribution in [3.05, 3.63) is 71.8 Å². The van der Waals surface area contributed by atoms with Gasteiger partial charge in [-0.3, -0.25) is 24.6 Å². The second-order valence-corrected chi connectivity index (χ2v) is 7.34. The molecule has 0 spiro atoms. The van der Waals surface area contributed by atoms with Crippen LogP contribution in [0.15, 0.2) is 55.1 Å². The highest BCUT2D eigenvalue weighted by Crippen LogP contribution is 2.27. The van der Waals surface area contributed by atoms with Crippen LogP contribution in [-0.2, 0) is 18.4 Å². The van der Waals surface area contributed by atoms with E-state index >= 15 is 0 Å². The summed E-state index contributed by atoms with van der Waals surface area (Å²) in [7, 11) is 3.71. The van der Waals surface area contributed by atoms with Gasteiger partial charge in [0.2, 0.25) is 0 Å². The lowest BCUT2D eigenvalue weighted by Gasteiger charge is -2.04. The molecular weight excluding hydrogens is 408 g/mol. The van der Waals surface area contributed by atoms with Crippen molar-refractivity contribution >= 4 is 17.8 Å². The van der Waals surface area contributed by atoms with Gasteiger partial charge in [0.25, 0.3) is 11.8 Å². The number of carbonyl (C=O) groups is 3. The maximum absolute atomic E-state index is 11.9. The third kappa shape index (κ3) is 4.49. The Bertz CT molecular complexity index is 1260. The van der Waals surface area contributed by atoms with Crippen molar-refractivity contribution < 1.29 is 14.4 Å². The minimum Gasteiger partial charge on any atom is -0.337 e. The summed E-state index contributed by atoms with van der Waals surface area (Å²) in [5.41, 5.74) is 4.70. The number of imide groups is 1. The van der Waals surface area contributed by atoms with E-state index in [4.69, 9.17) is 0 Å². The minimum absolute atomic E-state index is 0.103. The molecule has 32 heavy (non-hydrogen) atoms. The van der Waals surface area contributed by atoms with E-state index in [0.717, 1.165) is 22.3 Å². The molecule has 2 aliphatic heterocycles. The monoisotopic (exact) mass is 428 g/mol. The number of aromatic nitrogens is 3. The Balaban J connectivity index is 0.000000155. The third-order valence-corrected chi connectivity index (χ3v) is 4.93. The first-order valence-electron chi connectivity index (χ1n) is 9.81. The summed E-state index contributed by atoms with van der Waals surface area (Å²) in [5.74, 6) is 5.08. The Kier molecular flexibility index (Phi) is 5.68. The highest BCUT2D eigenvalue weighted by molar-refractivity contribution is 6.05. The number of hydrogen-bond acceptors (Lipinski definition) is 5. The molecule has 0 saturated carbocycles. The topological polar surface area (TPSA) is 109 Å². The van der Waals surface area contributed by atoms with Gasteiger partial charge in [-0.05, 0) is 29.3 Å². The fourth-order valence-corrected chi connectivity index (χ4v) is 3.31.